The van der Waals surface area contributed by atoms with Gasteiger partial charge in [0.1, 0.15) is 0 Å². The van der Waals surface area contributed by atoms with E-state index in [1.807, 2.05) is 23.7 Å². The summed E-state index contributed by atoms with van der Waals surface area (Å²) < 4.78 is 1.94. The Kier molecular flexibility index (Phi) is 5.11. The first-order valence-corrected chi connectivity index (χ1v) is 7.10. The van der Waals surface area contributed by atoms with Crippen molar-refractivity contribution < 1.29 is 0 Å². The van der Waals surface area contributed by atoms with Crippen molar-refractivity contribution in [3.63, 3.8) is 0 Å². The van der Waals surface area contributed by atoms with E-state index in [4.69, 9.17) is 17.4 Å². The second kappa shape index (κ2) is 6.83. The van der Waals surface area contributed by atoms with Gasteiger partial charge < -0.3 is 0 Å². The standard InChI is InChI=1S/C14H20ClN5/c1-3-20-13(14(15)10(2)19-20)9-12(18-16)8-11-4-6-17-7-5-11/h4-7,12,18H,3,8-9,16H2,1-2H3. The SMILES string of the molecule is CCn1nc(C)c(Cl)c1CC(Cc1ccncc1)NN. The van der Waals surface area contributed by atoms with E-state index in [-0.39, 0.29) is 6.04 Å². The van der Waals surface area contributed by atoms with Crippen LogP contribution in [0.5, 0.6) is 0 Å². The van der Waals surface area contributed by atoms with Crippen LogP contribution in [0.3, 0.4) is 0 Å². The van der Waals surface area contributed by atoms with E-state index in [0.717, 1.165) is 35.8 Å². The van der Waals surface area contributed by atoms with Crippen LogP contribution in [0.1, 0.15) is 23.9 Å². The molecule has 0 fully saturated rings. The molecule has 1 unspecified atom stereocenters. The molecule has 0 aliphatic carbocycles. The highest BCUT2D eigenvalue weighted by Gasteiger charge is 2.17. The zero-order valence-electron chi connectivity index (χ0n) is 11.8. The molecule has 0 spiro atoms. The van der Waals surface area contributed by atoms with Crippen molar-refractivity contribution in [1.82, 2.24) is 20.2 Å². The maximum absolute atomic E-state index is 6.33. The van der Waals surface area contributed by atoms with Gasteiger partial charge in [-0.25, -0.2) is 0 Å². The fourth-order valence-electron chi connectivity index (χ4n) is 2.29. The number of nitrogens with two attached hydrogens (primary N) is 1. The zero-order chi connectivity index (χ0) is 14.5. The highest BCUT2D eigenvalue weighted by molar-refractivity contribution is 6.31. The molecule has 0 aliphatic heterocycles. The third kappa shape index (κ3) is 3.36. The van der Waals surface area contributed by atoms with Crippen molar-refractivity contribution in [1.29, 1.82) is 0 Å². The largest absolute Gasteiger partial charge is 0.271 e. The van der Waals surface area contributed by atoms with Crippen molar-refractivity contribution in [2.45, 2.75) is 39.3 Å². The normalized spacial score (nSPS) is 12.6. The van der Waals surface area contributed by atoms with Gasteiger partial charge in [-0.2, -0.15) is 5.10 Å². The number of nitrogens with zero attached hydrogens (tertiary/aromatic N) is 3. The van der Waals surface area contributed by atoms with Gasteiger partial charge >= 0.3 is 0 Å². The van der Waals surface area contributed by atoms with E-state index in [1.165, 1.54) is 5.56 Å². The molecular formula is C14H20ClN5. The van der Waals surface area contributed by atoms with Gasteiger partial charge in [0.25, 0.3) is 0 Å². The minimum atomic E-state index is 0.108. The second-order valence-corrected chi connectivity index (χ2v) is 5.17. The van der Waals surface area contributed by atoms with Gasteiger partial charge in [0.05, 0.1) is 16.4 Å². The lowest BCUT2D eigenvalue weighted by Gasteiger charge is -2.17. The first-order chi connectivity index (χ1) is 9.65. The highest BCUT2D eigenvalue weighted by atomic mass is 35.5. The summed E-state index contributed by atoms with van der Waals surface area (Å²) in [6.07, 6.45) is 5.14. The summed E-state index contributed by atoms with van der Waals surface area (Å²) in [4.78, 5) is 4.02. The highest BCUT2D eigenvalue weighted by Crippen LogP contribution is 2.22. The van der Waals surface area contributed by atoms with Crippen LogP contribution in [0.15, 0.2) is 24.5 Å². The predicted molar refractivity (Wildman–Crippen MR) is 80.4 cm³/mol. The Bertz CT molecular complexity index is 552. The molecule has 0 saturated heterocycles. The molecule has 2 rings (SSSR count). The van der Waals surface area contributed by atoms with Crippen LogP contribution in [0, 0.1) is 6.92 Å². The molecule has 3 N–H and O–H groups in total. The Hall–Kier alpha value is -1.43. The fraction of sp³-hybridized carbons (Fsp3) is 0.429. The molecule has 0 saturated carbocycles. The van der Waals surface area contributed by atoms with Crippen LogP contribution in [0.2, 0.25) is 5.02 Å². The molecule has 2 aromatic rings. The molecule has 108 valence electrons. The summed E-state index contributed by atoms with van der Waals surface area (Å²) in [5.74, 6) is 5.68. The molecule has 0 aromatic carbocycles. The van der Waals surface area contributed by atoms with Crippen molar-refractivity contribution in [2.75, 3.05) is 0 Å². The van der Waals surface area contributed by atoms with Crippen LogP contribution in [0.25, 0.3) is 0 Å². The smallest absolute Gasteiger partial charge is 0.0847 e. The summed E-state index contributed by atoms with van der Waals surface area (Å²) in [5.41, 5.74) is 5.95. The molecule has 5 nitrogen and oxygen atoms in total. The zero-order valence-corrected chi connectivity index (χ0v) is 12.6. The number of halogens is 1. The summed E-state index contributed by atoms with van der Waals surface area (Å²) >= 11 is 6.33. The molecule has 0 aliphatic rings. The summed E-state index contributed by atoms with van der Waals surface area (Å²) in [5, 5.41) is 5.17. The number of nitrogens with one attached hydrogen (secondary N) is 1. The number of aryl methyl sites for hydroxylation is 2. The van der Waals surface area contributed by atoms with Gasteiger partial charge in [-0.1, -0.05) is 11.6 Å². The summed E-state index contributed by atoms with van der Waals surface area (Å²) in [7, 11) is 0. The first kappa shape index (κ1) is 15.0. The van der Waals surface area contributed by atoms with E-state index in [1.54, 1.807) is 12.4 Å². The van der Waals surface area contributed by atoms with Crippen molar-refractivity contribution in [3.8, 4) is 0 Å². The Balaban J connectivity index is 2.14. The van der Waals surface area contributed by atoms with Crippen LogP contribution < -0.4 is 11.3 Å². The number of hydrogen-bond acceptors (Lipinski definition) is 4. The maximum atomic E-state index is 6.33. The lowest BCUT2D eigenvalue weighted by Crippen LogP contribution is -2.39. The Morgan fingerprint density at radius 2 is 2.05 bits per heavy atom. The van der Waals surface area contributed by atoms with Crippen LogP contribution in [-0.2, 0) is 19.4 Å². The van der Waals surface area contributed by atoms with E-state index in [9.17, 15) is 0 Å². The van der Waals surface area contributed by atoms with E-state index >= 15 is 0 Å². The molecule has 1 atom stereocenters. The van der Waals surface area contributed by atoms with Crippen molar-refractivity contribution >= 4 is 11.6 Å². The maximum Gasteiger partial charge on any atom is 0.0847 e. The molecule has 20 heavy (non-hydrogen) atoms. The number of rotatable bonds is 6. The van der Waals surface area contributed by atoms with E-state index < -0.39 is 0 Å². The average molecular weight is 294 g/mol. The topological polar surface area (TPSA) is 68.8 Å². The molecule has 2 aromatic heterocycles. The first-order valence-electron chi connectivity index (χ1n) is 6.72. The average Bonchev–Trinajstić information content (AvgIpc) is 2.75. The molecular weight excluding hydrogens is 274 g/mol. The Morgan fingerprint density at radius 1 is 1.35 bits per heavy atom. The fourth-order valence-corrected chi connectivity index (χ4v) is 2.50. The monoisotopic (exact) mass is 293 g/mol. The number of hydrogen-bond donors (Lipinski definition) is 2. The lowest BCUT2D eigenvalue weighted by molar-refractivity contribution is 0.496. The van der Waals surface area contributed by atoms with Gasteiger partial charge in [0.15, 0.2) is 0 Å². The number of pyridine rings is 1. The number of aromatic nitrogens is 3. The minimum absolute atomic E-state index is 0.108. The molecule has 2 heterocycles. The predicted octanol–water partition coefficient (Wildman–Crippen LogP) is 1.88. The van der Waals surface area contributed by atoms with Crippen LogP contribution in [0.4, 0.5) is 0 Å². The number of hydrazine groups is 1. The summed E-state index contributed by atoms with van der Waals surface area (Å²) in [6.45, 7) is 4.78. The third-order valence-electron chi connectivity index (χ3n) is 3.36. The van der Waals surface area contributed by atoms with Crippen LogP contribution in [-0.4, -0.2) is 20.8 Å². The van der Waals surface area contributed by atoms with Gasteiger partial charge in [-0.3, -0.25) is 20.9 Å². The van der Waals surface area contributed by atoms with Crippen molar-refractivity contribution in [3.05, 3.63) is 46.5 Å². The Morgan fingerprint density at radius 3 is 2.65 bits per heavy atom. The van der Waals surface area contributed by atoms with Crippen LogP contribution >= 0.6 is 11.6 Å². The molecule has 0 amide bonds. The van der Waals surface area contributed by atoms with E-state index in [0.29, 0.717) is 0 Å². The van der Waals surface area contributed by atoms with Gasteiger partial charge in [0.2, 0.25) is 0 Å². The van der Waals surface area contributed by atoms with Gasteiger partial charge in [-0.05, 0) is 38.0 Å². The van der Waals surface area contributed by atoms with Gasteiger partial charge in [-0.15, -0.1) is 0 Å². The van der Waals surface area contributed by atoms with Crippen molar-refractivity contribution in [2.24, 2.45) is 5.84 Å². The third-order valence-corrected chi connectivity index (χ3v) is 3.85. The molecule has 0 radical (unpaired) electrons. The molecule has 0 bridgehead atoms. The quantitative estimate of drug-likeness (QED) is 0.630. The Labute approximate surface area is 124 Å². The minimum Gasteiger partial charge on any atom is -0.271 e. The van der Waals surface area contributed by atoms with E-state index in [2.05, 4.69) is 22.4 Å². The van der Waals surface area contributed by atoms with Gasteiger partial charge in [0, 0.05) is 31.4 Å². The second-order valence-electron chi connectivity index (χ2n) is 4.79. The molecule has 6 heteroatoms. The summed E-state index contributed by atoms with van der Waals surface area (Å²) in [6, 6.07) is 4.10. The lowest BCUT2D eigenvalue weighted by atomic mass is 10.0.